The number of ether oxygens (including phenoxy) is 1. The molecule has 0 aromatic carbocycles. The number of hydrogen-bond acceptors (Lipinski definition) is 6. The Morgan fingerprint density at radius 2 is 1.70 bits per heavy atom. The van der Waals surface area contributed by atoms with E-state index >= 15 is 0 Å². The summed E-state index contributed by atoms with van der Waals surface area (Å²) < 4.78 is 5.38. The molecule has 0 fully saturated rings. The Morgan fingerprint density at radius 1 is 1.25 bits per heavy atom. The number of hydrogen-bond donors (Lipinski definition) is 1. The maximum Gasteiger partial charge on any atom is 0.323 e. The number of ketones is 1. The number of carbonyl (C=O) groups is 3. The van der Waals surface area contributed by atoms with Gasteiger partial charge in [-0.1, -0.05) is 0 Å². The van der Waals surface area contributed by atoms with Crippen LogP contribution in [-0.4, -0.2) is 62.0 Å². The Balaban J connectivity index is 0. The van der Waals surface area contributed by atoms with E-state index in [0.29, 0.717) is 4.48 Å². The molecule has 118 valence electrons. The highest BCUT2D eigenvalue weighted by molar-refractivity contribution is 5.97. The van der Waals surface area contributed by atoms with Crippen LogP contribution in [0.2, 0.25) is 0 Å². The maximum absolute atomic E-state index is 11.5. The van der Waals surface area contributed by atoms with Crippen molar-refractivity contribution < 1.29 is 28.7 Å². The van der Waals surface area contributed by atoms with E-state index in [2.05, 4.69) is 0 Å². The summed E-state index contributed by atoms with van der Waals surface area (Å²) in [5.74, 6) is -4.40. The number of quaternary nitrogens is 1. The molecule has 2 N–H and O–H groups in total. The van der Waals surface area contributed by atoms with Crippen LogP contribution in [0, 0.1) is 5.92 Å². The molecule has 0 aromatic heterocycles. The number of nitrogens with two attached hydrogens (primary N) is 1. The molecule has 0 radical (unpaired) electrons. The number of rotatable bonds is 7. The van der Waals surface area contributed by atoms with Crippen LogP contribution in [0.15, 0.2) is 0 Å². The number of carboxylic acids is 1. The van der Waals surface area contributed by atoms with Crippen LogP contribution in [-0.2, 0) is 19.1 Å². The third kappa shape index (κ3) is 7.42. The molecule has 0 amide bonds. The molecule has 7 nitrogen and oxygen atoms in total. The van der Waals surface area contributed by atoms with Gasteiger partial charge in [-0.3, -0.25) is 9.59 Å². The Labute approximate surface area is 125 Å². The zero-order valence-electron chi connectivity index (χ0n) is 12.4. The summed E-state index contributed by atoms with van der Waals surface area (Å²) in [5.41, 5.74) is 5.37. The van der Waals surface area contributed by atoms with E-state index in [-0.39, 0.29) is 19.0 Å². The van der Waals surface area contributed by atoms with Crippen molar-refractivity contribution in [2.45, 2.75) is 26.0 Å². The van der Waals surface area contributed by atoms with E-state index in [4.69, 9.17) is 10.5 Å². The molecule has 0 aliphatic heterocycles. The van der Waals surface area contributed by atoms with Gasteiger partial charge in [0, 0.05) is 0 Å². The predicted molar refractivity (Wildman–Crippen MR) is 72.9 cm³/mol. The van der Waals surface area contributed by atoms with Crippen LogP contribution in [0.4, 0.5) is 0 Å². The van der Waals surface area contributed by atoms with E-state index < -0.39 is 35.8 Å². The van der Waals surface area contributed by atoms with Gasteiger partial charge in [0.25, 0.3) is 0 Å². The van der Waals surface area contributed by atoms with E-state index in [1.54, 1.807) is 21.1 Å². The van der Waals surface area contributed by atoms with Crippen molar-refractivity contribution in [2.24, 2.45) is 11.7 Å². The lowest BCUT2D eigenvalue weighted by atomic mass is 9.97. The molecule has 0 rings (SSSR count). The van der Waals surface area contributed by atoms with Crippen molar-refractivity contribution in [1.29, 1.82) is 0 Å². The molecule has 0 saturated heterocycles. The van der Waals surface area contributed by atoms with Gasteiger partial charge in [0.15, 0.2) is 6.10 Å². The fourth-order valence-electron chi connectivity index (χ4n) is 1.59. The summed E-state index contributed by atoms with van der Waals surface area (Å²) in [7, 11) is 5.37. The van der Waals surface area contributed by atoms with Crippen molar-refractivity contribution in [3.63, 3.8) is 0 Å². The van der Waals surface area contributed by atoms with Crippen LogP contribution < -0.4 is 10.8 Å². The molecule has 0 saturated carbocycles. The van der Waals surface area contributed by atoms with Gasteiger partial charge in [-0.05, 0) is 13.8 Å². The van der Waals surface area contributed by atoms with E-state index in [1.165, 1.54) is 6.92 Å². The van der Waals surface area contributed by atoms with Crippen LogP contribution in [0.3, 0.4) is 0 Å². The van der Waals surface area contributed by atoms with Crippen molar-refractivity contribution >= 4 is 30.1 Å². The summed E-state index contributed by atoms with van der Waals surface area (Å²) >= 11 is 0. The first kappa shape index (κ1) is 21.1. The number of carbonyl (C=O) groups excluding carboxylic acids is 3. The van der Waals surface area contributed by atoms with Crippen LogP contribution in [0.1, 0.15) is 13.8 Å². The molecule has 20 heavy (non-hydrogen) atoms. The lowest BCUT2D eigenvalue weighted by molar-refractivity contribution is -0.873. The number of esters is 1. The lowest BCUT2D eigenvalue weighted by Gasteiger charge is -2.33. The first-order valence-electron chi connectivity index (χ1n) is 5.93. The van der Waals surface area contributed by atoms with Gasteiger partial charge >= 0.3 is 5.97 Å². The average molecular weight is 311 g/mol. The summed E-state index contributed by atoms with van der Waals surface area (Å²) in [6.07, 6.45) is -1.10. The van der Waals surface area contributed by atoms with Crippen LogP contribution in [0.25, 0.3) is 0 Å². The van der Waals surface area contributed by atoms with E-state index in [0.717, 1.165) is 6.92 Å². The largest absolute Gasteiger partial charge is 0.549 e. The minimum Gasteiger partial charge on any atom is -0.549 e. The zero-order chi connectivity index (χ0) is 15.4. The molecule has 8 heteroatoms. The molecule has 0 spiro atoms. The van der Waals surface area contributed by atoms with Crippen molar-refractivity contribution in [1.82, 2.24) is 0 Å². The molecule has 0 aliphatic carbocycles. The normalized spacial score (nSPS) is 15.5. The second-order valence-electron chi connectivity index (χ2n) is 5.64. The topological polar surface area (TPSA) is 110 Å². The highest BCUT2D eigenvalue weighted by Crippen LogP contribution is 2.13. The van der Waals surface area contributed by atoms with Gasteiger partial charge in [-0.2, -0.15) is 0 Å². The van der Waals surface area contributed by atoms with Crippen molar-refractivity contribution in [3.05, 3.63) is 0 Å². The first-order valence-corrected chi connectivity index (χ1v) is 5.93. The van der Waals surface area contributed by atoms with E-state index in [9.17, 15) is 19.5 Å². The molecule has 3 atom stereocenters. The summed E-state index contributed by atoms with van der Waals surface area (Å²) in [6, 6.07) is -0.885. The maximum atomic E-state index is 11.5. The first-order chi connectivity index (χ1) is 8.45. The standard InChI is InChI=1S/C12H22N2O5.ClH/c1-7(13)12(18)19-9(6-14(3,4)5)10(8(2)15)11(16)17;/h7,9-10H,6,13H2,1-5H3;1H/t7-,9?,10?;/m0./s1. The number of carboxylic acid groups (broad SMARTS) is 1. The fourth-order valence-corrected chi connectivity index (χ4v) is 1.59. The summed E-state index contributed by atoms with van der Waals surface area (Å²) in [4.78, 5) is 34.0. The quantitative estimate of drug-likeness (QED) is 0.342. The number of Topliss-reactive ketones (excluding diaryl/α,β-unsaturated/α-hetero) is 1. The van der Waals surface area contributed by atoms with Crippen molar-refractivity contribution in [2.75, 3.05) is 27.7 Å². The van der Waals surface area contributed by atoms with E-state index in [1.807, 2.05) is 0 Å². The predicted octanol–water partition coefficient (Wildman–Crippen LogP) is -1.67. The summed E-state index contributed by atoms with van der Waals surface area (Å²) in [5, 5.41) is 11.1. The minimum absolute atomic E-state index is 0. The smallest absolute Gasteiger partial charge is 0.323 e. The second-order valence-corrected chi connectivity index (χ2v) is 5.64. The molecule has 0 aromatic rings. The third-order valence-corrected chi connectivity index (χ3v) is 2.43. The summed E-state index contributed by atoms with van der Waals surface area (Å²) in [6.45, 7) is 2.71. The number of nitrogens with zero attached hydrogens (tertiary/aromatic N) is 1. The van der Waals surface area contributed by atoms with Gasteiger partial charge in [0.1, 0.15) is 18.4 Å². The van der Waals surface area contributed by atoms with Gasteiger partial charge in [0.05, 0.1) is 33.0 Å². The lowest BCUT2D eigenvalue weighted by Crippen LogP contribution is -2.53. The molecule has 2 unspecified atom stereocenters. The zero-order valence-corrected chi connectivity index (χ0v) is 13.2. The fraction of sp³-hybridized carbons (Fsp3) is 0.750. The van der Waals surface area contributed by atoms with Gasteiger partial charge in [-0.25, -0.2) is 0 Å². The van der Waals surface area contributed by atoms with Crippen LogP contribution >= 0.6 is 12.4 Å². The molecular formula is C12H23ClN2O5. The second kappa shape index (κ2) is 8.18. The Kier molecular flexibility index (Phi) is 8.64. The number of aliphatic carboxylic acids is 1. The highest BCUT2D eigenvalue weighted by atomic mass is 35.5. The molecular weight excluding hydrogens is 288 g/mol. The Morgan fingerprint density at radius 3 is 1.95 bits per heavy atom. The van der Waals surface area contributed by atoms with Gasteiger partial charge in [-0.15, -0.1) is 12.4 Å². The van der Waals surface area contributed by atoms with Crippen molar-refractivity contribution in [3.8, 4) is 0 Å². The SMILES string of the molecule is CC(=O)C(C(=O)[O-])C(C[N+](C)(C)C)OC(=O)[C@H](C)N.Cl. The average Bonchev–Trinajstić information content (AvgIpc) is 2.12. The molecule has 0 heterocycles. The Hall–Kier alpha value is -1.18. The van der Waals surface area contributed by atoms with Crippen LogP contribution in [0.5, 0.6) is 0 Å². The Bertz CT molecular complexity index is 351. The number of halogens is 1. The highest BCUT2D eigenvalue weighted by Gasteiger charge is 2.35. The monoisotopic (exact) mass is 310 g/mol. The molecule has 0 aliphatic rings. The third-order valence-electron chi connectivity index (χ3n) is 2.43. The van der Waals surface area contributed by atoms with Gasteiger partial charge < -0.3 is 24.9 Å². The number of likely N-dealkylation sites (N-methyl/N-ethyl adjacent to an activating group) is 1. The molecule has 0 bridgehead atoms. The minimum atomic E-state index is -1.55. The van der Waals surface area contributed by atoms with Gasteiger partial charge in [0.2, 0.25) is 0 Å².